The Bertz CT molecular complexity index is 986. The molecule has 3 aromatic rings. The van der Waals surface area contributed by atoms with Crippen molar-refractivity contribution < 1.29 is 0 Å². The second-order valence-electron chi connectivity index (χ2n) is 7.32. The van der Waals surface area contributed by atoms with Crippen molar-refractivity contribution in [1.82, 2.24) is 0 Å². The van der Waals surface area contributed by atoms with Gasteiger partial charge in [-0.1, -0.05) is 72.8 Å². The van der Waals surface area contributed by atoms with Gasteiger partial charge >= 0.3 is 0 Å². The molecule has 0 aromatic heterocycles. The zero-order valence-corrected chi connectivity index (χ0v) is 15.1. The van der Waals surface area contributed by atoms with Gasteiger partial charge < -0.3 is 5.32 Å². The summed E-state index contributed by atoms with van der Waals surface area (Å²) in [6.07, 6.45) is 7.77. The number of nitrogens with one attached hydrogen (secondary N) is 1. The lowest BCUT2D eigenvalue weighted by Crippen LogP contribution is -2.28. The van der Waals surface area contributed by atoms with Crippen LogP contribution in [-0.2, 0) is 0 Å². The fourth-order valence-electron chi connectivity index (χ4n) is 4.33. The summed E-state index contributed by atoms with van der Waals surface area (Å²) in [5.74, 6) is 1.10. The van der Waals surface area contributed by atoms with Gasteiger partial charge in [0.05, 0.1) is 11.7 Å². The van der Waals surface area contributed by atoms with Crippen molar-refractivity contribution >= 4 is 17.6 Å². The number of anilines is 1. The third-order valence-corrected chi connectivity index (χ3v) is 5.69. The van der Waals surface area contributed by atoms with E-state index in [-0.39, 0.29) is 0 Å². The van der Waals surface area contributed by atoms with E-state index in [0.717, 1.165) is 17.7 Å². The van der Waals surface area contributed by atoms with Gasteiger partial charge in [-0.3, -0.25) is 4.99 Å². The van der Waals surface area contributed by atoms with E-state index in [1.165, 1.54) is 16.8 Å². The Morgan fingerprint density at radius 1 is 0.852 bits per heavy atom. The predicted molar refractivity (Wildman–Crippen MR) is 113 cm³/mol. The van der Waals surface area contributed by atoms with Gasteiger partial charge in [0.25, 0.3) is 0 Å². The summed E-state index contributed by atoms with van der Waals surface area (Å²) < 4.78 is 0. The normalized spacial score (nSPS) is 23.0. The van der Waals surface area contributed by atoms with Crippen molar-refractivity contribution in [3.8, 4) is 0 Å². The summed E-state index contributed by atoms with van der Waals surface area (Å²) in [5, 5.41) is 3.78. The zero-order valence-electron chi connectivity index (χ0n) is 15.1. The van der Waals surface area contributed by atoms with Gasteiger partial charge in [-0.05, 0) is 47.2 Å². The molecule has 3 aromatic carbocycles. The maximum atomic E-state index is 4.61. The molecular formula is C25H22N2. The molecule has 0 radical (unpaired) electrons. The first-order chi connectivity index (χ1) is 13.4. The molecule has 1 heterocycles. The molecule has 0 bridgehead atoms. The van der Waals surface area contributed by atoms with E-state index in [1.54, 1.807) is 0 Å². The standard InChI is InChI=1S/C25H22N2/c1-2-7-18(8-3-1)17-26-20-15-13-19(14-16-20)25-23-11-6-10-21(23)22-9-4-5-12-24(22)27-25/h1-10,12-17,21,23,25,27H,11H2/t21-,23+,25-/m1/s1. The second-order valence-corrected chi connectivity index (χ2v) is 7.32. The molecule has 0 spiro atoms. The van der Waals surface area contributed by atoms with Gasteiger partial charge in [-0.15, -0.1) is 0 Å². The van der Waals surface area contributed by atoms with Crippen LogP contribution < -0.4 is 5.32 Å². The molecule has 0 unspecified atom stereocenters. The summed E-state index contributed by atoms with van der Waals surface area (Å²) in [6, 6.07) is 27.9. The first kappa shape index (κ1) is 16.1. The van der Waals surface area contributed by atoms with E-state index in [4.69, 9.17) is 0 Å². The Balaban J connectivity index is 1.40. The maximum Gasteiger partial charge on any atom is 0.0630 e. The Morgan fingerprint density at radius 3 is 2.48 bits per heavy atom. The van der Waals surface area contributed by atoms with Crippen molar-refractivity contribution in [3.05, 3.63) is 108 Å². The van der Waals surface area contributed by atoms with Crippen molar-refractivity contribution in [3.63, 3.8) is 0 Å². The molecular weight excluding hydrogens is 328 g/mol. The number of nitrogens with zero attached hydrogens (tertiary/aromatic N) is 1. The predicted octanol–water partition coefficient (Wildman–Crippen LogP) is 6.26. The van der Waals surface area contributed by atoms with Gasteiger partial charge in [-0.2, -0.15) is 0 Å². The summed E-state index contributed by atoms with van der Waals surface area (Å²) in [6.45, 7) is 0. The van der Waals surface area contributed by atoms with Crippen molar-refractivity contribution in [1.29, 1.82) is 0 Å². The Labute approximate surface area is 160 Å². The van der Waals surface area contributed by atoms with Crippen molar-refractivity contribution in [2.45, 2.75) is 18.4 Å². The molecule has 0 saturated carbocycles. The zero-order chi connectivity index (χ0) is 18.1. The van der Waals surface area contributed by atoms with Crippen LogP contribution in [0.15, 0.2) is 96.0 Å². The molecule has 1 aliphatic heterocycles. The Morgan fingerprint density at radius 2 is 1.63 bits per heavy atom. The van der Waals surface area contributed by atoms with Crippen LogP contribution >= 0.6 is 0 Å². The van der Waals surface area contributed by atoms with E-state index in [9.17, 15) is 0 Å². The topological polar surface area (TPSA) is 24.4 Å². The third-order valence-electron chi connectivity index (χ3n) is 5.69. The largest absolute Gasteiger partial charge is 0.378 e. The number of hydrogen-bond donors (Lipinski definition) is 1. The minimum atomic E-state index is 0.340. The summed E-state index contributed by atoms with van der Waals surface area (Å²) in [7, 11) is 0. The highest BCUT2D eigenvalue weighted by Gasteiger charge is 2.37. The van der Waals surface area contributed by atoms with E-state index in [2.05, 4.69) is 83.1 Å². The first-order valence-corrected chi connectivity index (χ1v) is 9.60. The van der Waals surface area contributed by atoms with Crippen LogP contribution in [0.1, 0.15) is 35.1 Å². The highest BCUT2D eigenvalue weighted by atomic mass is 15.0. The van der Waals surface area contributed by atoms with E-state index < -0.39 is 0 Å². The molecule has 0 amide bonds. The van der Waals surface area contributed by atoms with Gasteiger partial charge in [0.2, 0.25) is 0 Å². The lowest BCUT2D eigenvalue weighted by molar-refractivity contribution is 0.425. The number of hydrogen-bond acceptors (Lipinski definition) is 2. The number of benzene rings is 3. The van der Waals surface area contributed by atoms with Crippen LogP contribution in [0.2, 0.25) is 0 Å². The van der Waals surface area contributed by atoms with Gasteiger partial charge in [0.15, 0.2) is 0 Å². The molecule has 0 fully saturated rings. The van der Waals surface area contributed by atoms with Crippen LogP contribution in [0.3, 0.4) is 0 Å². The SMILES string of the molecule is C1=C[C@@H]2c3ccccc3N[C@H](c3ccc(N=Cc4ccccc4)cc3)[C@H]2C1. The Kier molecular flexibility index (Phi) is 4.10. The smallest absolute Gasteiger partial charge is 0.0630 e. The monoisotopic (exact) mass is 350 g/mol. The number of fused-ring (bicyclic) bond motifs is 3. The highest BCUT2D eigenvalue weighted by molar-refractivity contribution is 5.81. The number of rotatable bonds is 3. The van der Waals surface area contributed by atoms with E-state index in [1.807, 2.05) is 24.4 Å². The van der Waals surface area contributed by atoms with Crippen LogP contribution in [-0.4, -0.2) is 6.21 Å². The molecule has 1 aliphatic carbocycles. The molecule has 1 N–H and O–H groups in total. The van der Waals surface area contributed by atoms with Gasteiger partial charge in [-0.25, -0.2) is 0 Å². The van der Waals surface area contributed by atoms with E-state index in [0.29, 0.717) is 17.9 Å². The molecule has 2 nitrogen and oxygen atoms in total. The third kappa shape index (κ3) is 3.08. The van der Waals surface area contributed by atoms with Crippen LogP contribution in [0.25, 0.3) is 0 Å². The molecule has 27 heavy (non-hydrogen) atoms. The number of allylic oxidation sites excluding steroid dienone is 2. The van der Waals surface area contributed by atoms with Crippen molar-refractivity contribution in [2.24, 2.45) is 10.9 Å². The number of aliphatic imine (C=N–C) groups is 1. The summed E-state index contributed by atoms with van der Waals surface area (Å²) in [5.41, 5.74) is 6.13. The average molecular weight is 350 g/mol. The molecule has 5 rings (SSSR count). The quantitative estimate of drug-likeness (QED) is 0.437. The molecule has 2 heteroatoms. The molecule has 132 valence electrons. The Hall–Kier alpha value is -3.13. The van der Waals surface area contributed by atoms with Crippen LogP contribution in [0, 0.1) is 5.92 Å². The van der Waals surface area contributed by atoms with Gasteiger partial charge in [0, 0.05) is 17.8 Å². The fraction of sp³-hybridized carbons (Fsp3) is 0.160. The van der Waals surface area contributed by atoms with E-state index >= 15 is 0 Å². The lowest BCUT2D eigenvalue weighted by Gasteiger charge is -2.37. The van der Waals surface area contributed by atoms with Crippen LogP contribution in [0.4, 0.5) is 11.4 Å². The van der Waals surface area contributed by atoms with Gasteiger partial charge in [0.1, 0.15) is 0 Å². The summed E-state index contributed by atoms with van der Waals surface area (Å²) in [4.78, 5) is 4.61. The maximum absolute atomic E-state index is 4.61. The minimum Gasteiger partial charge on any atom is -0.378 e. The first-order valence-electron chi connectivity index (χ1n) is 9.60. The number of para-hydroxylation sites is 1. The second kappa shape index (κ2) is 6.88. The lowest BCUT2D eigenvalue weighted by atomic mass is 9.77. The molecule has 0 saturated heterocycles. The minimum absolute atomic E-state index is 0.340. The van der Waals surface area contributed by atoms with Crippen LogP contribution in [0.5, 0.6) is 0 Å². The fourth-order valence-corrected chi connectivity index (χ4v) is 4.33. The summed E-state index contributed by atoms with van der Waals surface area (Å²) >= 11 is 0. The highest BCUT2D eigenvalue weighted by Crippen LogP contribution is 2.49. The molecule has 3 atom stereocenters. The average Bonchev–Trinajstić information content (AvgIpc) is 3.23. The van der Waals surface area contributed by atoms with Crippen molar-refractivity contribution in [2.75, 3.05) is 5.32 Å². The molecule has 2 aliphatic rings.